The number of aromatic nitrogens is 2. The number of nitrogens with zero attached hydrogens (tertiary/aromatic N) is 2. The highest BCUT2D eigenvalue weighted by atomic mass is 15.1. The Kier molecular flexibility index (Phi) is 5.05. The third kappa shape index (κ3) is 3.26. The molecule has 190 valence electrons. The van der Waals surface area contributed by atoms with E-state index < -0.39 is 0 Å². The lowest BCUT2D eigenvalue weighted by atomic mass is 9.90. The summed E-state index contributed by atoms with van der Waals surface area (Å²) in [6, 6.07) is 44.0. The number of hydrogen-bond acceptors (Lipinski definition) is 1. The summed E-state index contributed by atoms with van der Waals surface area (Å²) in [6.45, 7) is 4.45. The molecule has 0 saturated heterocycles. The average molecular weight is 513 g/mol. The first-order valence-electron chi connectivity index (χ1n) is 14.1. The van der Waals surface area contributed by atoms with Crippen molar-refractivity contribution >= 4 is 54.1 Å². The molecule has 0 aliphatic heterocycles. The number of para-hydroxylation sites is 2. The first-order chi connectivity index (χ1) is 19.7. The molecule has 0 bridgehead atoms. The second kappa shape index (κ2) is 8.79. The van der Waals surface area contributed by atoms with Gasteiger partial charge in [0.15, 0.2) is 0 Å². The van der Waals surface area contributed by atoms with E-state index >= 15 is 0 Å². The number of aryl methyl sites for hydroxylation is 2. The van der Waals surface area contributed by atoms with Gasteiger partial charge in [0.25, 0.3) is 0 Å². The van der Waals surface area contributed by atoms with Gasteiger partial charge < -0.3 is 0 Å². The summed E-state index contributed by atoms with van der Waals surface area (Å²) in [5, 5.41) is 10.3. The molecular formula is C38H28N2. The van der Waals surface area contributed by atoms with Crippen LogP contribution in [0.15, 0.2) is 121 Å². The molecule has 0 spiro atoms. The molecule has 8 aromatic rings. The Labute approximate surface area is 233 Å². The van der Waals surface area contributed by atoms with Gasteiger partial charge in [-0.2, -0.15) is 0 Å². The molecule has 40 heavy (non-hydrogen) atoms. The molecule has 0 fully saturated rings. The second-order valence-electron chi connectivity index (χ2n) is 10.7. The van der Waals surface area contributed by atoms with Crippen molar-refractivity contribution in [3.05, 3.63) is 132 Å². The molecule has 0 unspecified atom stereocenters. The van der Waals surface area contributed by atoms with Gasteiger partial charge in [0.05, 0.1) is 16.7 Å². The zero-order valence-electron chi connectivity index (χ0n) is 22.6. The highest BCUT2D eigenvalue weighted by Crippen LogP contribution is 2.39. The van der Waals surface area contributed by atoms with Gasteiger partial charge in [-0.1, -0.05) is 104 Å². The highest BCUT2D eigenvalue weighted by Gasteiger charge is 2.17. The minimum Gasteiger partial charge on any atom is -0.294 e. The van der Waals surface area contributed by atoms with Crippen molar-refractivity contribution in [2.75, 3.05) is 0 Å². The average Bonchev–Trinajstić information content (AvgIpc) is 3.35. The van der Waals surface area contributed by atoms with E-state index in [0.29, 0.717) is 0 Å². The fourth-order valence-corrected chi connectivity index (χ4v) is 6.60. The SMILES string of the molecule is CCc1ccc(-n2c3ccccc3c3ccccc32)nc1-c1cc2c3ccccc3c3ccccc3c2cc1C. The van der Waals surface area contributed by atoms with Gasteiger partial charge >= 0.3 is 0 Å². The van der Waals surface area contributed by atoms with Crippen molar-refractivity contribution in [1.29, 1.82) is 0 Å². The van der Waals surface area contributed by atoms with Crippen molar-refractivity contribution in [1.82, 2.24) is 9.55 Å². The summed E-state index contributed by atoms with van der Waals surface area (Å²) >= 11 is 0. The third-order valence-electron chi connectivity index (χ3n) is 8.50. The zero-order chi connectivity index (χ0) is 26.8. The predicted octanol–water partition coefficient (Wildman–Crippen LogP) is 10.2. The van der Waals surface area contributed by atoms with Crippen LogP contribution in [0.4, 0.5) is 0 Å². The van der Waals surface area contributed by atoms with E-state index in [4.69, 9.17) is 4.98 Å². The zero-order valence-corrected chi connectivity index (χ0v) is 22.6. The topological polar surface area (TPSA) is 17.8 Å². The maximum absolute atomic E-state index is 5.43. The predicted molar refractivity (Wildman–Crippen MR) is 171 cm³/mol. The van der Waals surface area contributed by atoms with Crippen molar-refractivity contribution in [3.63, 3.8) is 0 Å². The number of pyridine rings is 1. The van der Waals surface area contributed by atoms with Crippen LogP contribution in [0, 0.1) is 6.92 Å². The highest BCUT2D eigenvalue weighted by molar-refractivity contribution is 6.26. The van der Waals surface area contributed by atoms with Crippen LogP contribution in [-0.2, 0) is 6.42 Å². The van der Waals surface area contributed by atoms with Crippen LogP contribution in [0.25, 0.3) is 71.2 Å². The van der Waals surface area contributed by atoms with Gasteiger partial charge in [-0.05, 0) is 81.1 Å². The quantitative estimate of drug-likeness (QED) is 0.215. The molecule has 0 N–H and O–H groups in total. The van der Waals surface area contributed by atoms with Gasteiger partial charge in [-0.3, -0.25) is 4.57 Å². The normalized spacial score (nSPS) is 11.8. The van der Waals surface area contributed by atoms with Gasteiger partial charge in [0.1, 0.15) is 5.82 Å². The van der Waals surface area contributed by atoms with Crippen molar-refractivity contribution in [2.45, 2.75) is 20.3 Å². The standard InChI is InChI=1S/C38H28N2/c1-3-25-20-21-37(40-35-18-10-8-16-30(35)31-17-9-11-19-36(31)40)39-38(25)32-23-34-29-15-7-5-13-27(29)26-12-4-6-14-28(26)33(34)22-24(32)2/h4-23H,3H2,1-2H3. The number of rotatable bonds is 3. The smallest absolute Gasteiger partial charge is 0.138 e. The molecule has 2 aromatic heterocycles. The summed E-state index contributed by atoms with van der Waals surface area (Å²) in [5.74, 6) is 0.951. The van der Waals surface area contributed by atoms with E-state index in [9.17, 15) is 0 Å². The van der Waals surface area contributed by atoms with E-state index in [-0.39, 0.29) is 0 Å². The lowest BCUT2D eigenvalue weighted by Crippen LogP contribution is -2.02. The minimum atomic E-state index is 0.922. The molecule has 2 heteroatoms. The van der Waals surface area contributed by atoms with E-state index in [1.54, 1.807) is 0 Å². The molecule has 8 rings (SSSR count). The Hall–Kier alpha value is -4.95. The van der Waals surface area contributed by atoms with Gasteiger partial charge in [-0.25, -0.2) is 4.98 Å². The molecule has 6 aromatic carbocycles. The summed E-state index contributed by atoms with van der Waals surface area (Å²) in [5.41, 5.74) is 7.13. The Morgan fingerprint density at radius 3 is 1.55 bits per heavy atom. The fraction of sp³-hybridized carbons (Fsp3) is 0.0789. The number of hydrogen-bond donors (Lipinski definition) is 0. The van der Waals surface area contributed by atoms with Crippen LogP contribution >= 0.6 is 0 Å². The number of benzene rings is 6. The largest absolute Gasteiger partial charge is 0.294 e. The summed E-state index contributed by atoms with van der Waals surface area (Å²) in [6.07, 6.45) is 0.922. The Balaban J connectivity index is 1.44. The number of fused-ring (bicyclic) bond motifs is 9. The van der Waals surface area contributed by atoms with Gasteiger partial charge in [-0.15, -0.1) is 0 Å². The molecular weight excluding hydrogens is 484 g/mol. The lowest BCUT2D eigenvalue weighted by Gasteiger charge is -2.17. The molecule has 0 aliphatic rings. The first kappa shape index (κ1) is 23.0. The summed E-state index contributed by atoms with van der Waals surface area (Å²) < 4.78 is 2.31. The van der Waals surface area contributed by atoms with Crippen LogP contribution in [0.1, 0.15) is 18.1 Å². The van der Waals surface area contributed by atoms with Crippen molar-refractivity contribution < 1.29 is 0 Å². The molecule has 0 saturated carbocycles. The summed E-state index contributed by atoms with van der Waals surface area (Å²) in [4.78, 5) is 5.43. The molecule has 0 aliphatic carbocycles. The molecule has 2 heterocycles. The third-order valence-corrected chi connectivity index (χ3v) is 8.50. The van der Waals surface area contributed by atoms with Crippen LogP contribution in [-0.4, -0.2) is 9.55 Å². The van der Waals surface area contributed by atoms with E-state index in [2.05, 4.69) is 140 Å². The van der Waals surface area contributed by atoms with Crippen LogP contribution in [0.5, 0.6) is 0 Å². The Bertz CT molecular complexity index is 2220. The van der Waals surface area contributed by atoms with Crippen LogP contribution in [0.3, 0.4) is 0 Å². The maximum Gasteiger partial charge on any atom is 0.138 e. The van der Waals surface area contributed by atoms with Crippen LogP contribution in [0.2, 0.25) is 0 Å². The van der Waals surface area contributed by atoms with E-state index in [0.717, 1.165) is 17.9 Å². The van der Waals surface area contributed by atoms with E-state index in [1.807, 2.05) is 0 Å². The van der Waals surface area contributed by atoms with Crippen LogP contribution < -0.4 is 0 Å². The van der Waals surface area contributed by atoms with Crippen molar-refractivity contribution in [2.24, 2.45) is 0 Å². The molecule has 2 nitrogen and oxygen atoms in total. The Morgan fingerprint density at radius 1 is 0.525 bits per heavy atom. The molecule has 0 amide bonds. The fourth-order valence-electron chi connectivity index (χ4n) is 6.60. The minimum absolute atomic E-state index is 0.922. The second-order valence-corrected chi connectivity index (χ2v) is 10.7. The first-order valence-corrected chi connectivity index (χ1v) is 14.1. The lowest BCUT2D eigenvalue weighted by molar-refractivity contribution is 1.04. The van der Waals surface area contributed by atoms with Gasteiger partial charge in [0.2, 0.25) is 0 Å². The molecule has 0 atom stereocenters. The Morgan fingerprint density at radius 2 is 1.00 bits per heavy atom. The van der Waals surface area contributed by atoms with Gasteiger partial charge in [0, 0.05) is 16.3 Å². The van der Waals surface area contributed by atoms with Crippen molar-refractivity contribution in [3.8, 4) is 17.1 Å². The maximum atomic E-state index is 5.43. The molecule has 0 radical (unpaired) electrons. The van der Waals surface area contributed by atoms with E-state index in [1.165, 1.54) is 70.8 Å². The summed E-state index contributed by atoms with van der Waals surface area (Å²) in [7, 11) is 0. The monoisotopic (exact) mass is 512 g/mol.